The number of ether oxygens (including phenoxy) is 4. The maximum atomic E-state index is 13.5. The van der Waals surface area contributed by atoms with Crippen molar-refractivity contribution in [2.24, 2.45) is 0 Å². The molecule has 9 nitrogen and oxygen atoms in total. The molecule has 0 spiro atoms. The Labute approximate surface area is 192 Å². The minimum atomic E-state index is -0.802. The first kappa shape index (κ1) is 21.3. The molecule has 2 aromatic carbocycles. The number of hydrogen-bond acceptors (Lipinski definition) is 9. The molecule has 2 aromatic heterocycles. The molecule has 0 N–H and O–H groups in total. The molecule has 0 fully saturated rings. The van der Waals surface area contributed by atoms with Crippen LogP contribution in [0.5, 0.6) is 17.2 Å². The first-order chi connectivity index (χ1) is 16.5. The third-order valence-corrected chi connectivity index (χ3v) is 5.09. The van der Waals surface area contributed by atoms with Crippen LogP contribution in [0.25, 0.3) is 22.1 Å². The molecule has 0 saturated heterocycles. The summed E-state index contributed by atoms with van der Waals surface area (Å²) in [5, 5.41) is 0.190. The second-order valence-electron chi connectivity index (χ2n) is 7.24. The zero-order chi connectivity index (χ0) is 23.7. The molecule has 0 radical (unpaired) electrons. The van der Waals surface area contributed by atoms with Crippen LogP contribution in [-0.4, -0.2) is 31.8 Å². The molecule has 4 aromatic rings. The lowest BCUT2D eigenvalue weighted by Gasteiger charge is -2.19. The van der Waals surface area contributed by atoms with Gasteiger partial charge in [-0.3, -0.25) is 4.79 Å². The number of rotatable bonds is 5. The Morgan fingerprint density at radius 2 is 1.79 bits per heavy atom. The van der Waals surface area contributed by atoms with E-state index in [1.807, 2.05) is 0 Å². The van der Waals surface area contributed by atoms with Crippen molar-refractivity contribution in [1.29, 1.82) is 0 Å². The van der Waals surface area contributed by atoms with Gasteiger partial charge in [0.15, 0.2) is 11.5 Å². The Morgan fingerprint density at radius 3 is 2.56 bits per heavy atom. The first-order valence-electron chi connectivity index (χ1n) is 10.5. The minimum absolute atomic E-state index is 0.0164. The van der Waals surface area contributed by atoms with Crippen LogP contribution < -0.4 is 19.6 Å². The fourth-order valence-electron chi connectivity index (χ4n) is 3.59. The lowest BCUT2D eigenvalue weighted by Crippen LogP contribution is -2.17. The normalized spacial score (nSPS) is 12.4. The van der Waals surface area contributed by atoms with Crippen molar-refractivity contribution in [3.05, 3.63) is 76.5 Å². The highest BCUT2D eigenvalue weighted by Crippen LogP contribution is 2.36. The summed E-state index contributed by atoms with van der Waals surface area (Å²) in [6.07, 6.45) is 1.35. The molecule has 1 aliphatic heterocycles. The molecular weight excluding hydrogens is 444 g/mol. The van der Waals surface area contributed by atoms with Crippen molar-refractivity contribution in [2.45, 2.75) is 6.92 Å². The quantitative estimate of drug-likeness (QED) is 0.318. The van der Waals surface area contributed by atoms with Gasteiger partial charge in [-0.25, -0.2) is 9.59 Å². The molecule has 9 heteroatoms. The van der Waals surface area contributed by atoms with E-state index in [0.29, 0.717) is 30.3 Å². The third-order valence-electron chi connectivity index (χ3n) is 5.09. The maximum absolute atomic E-state index is 13.5. The highest BCUT2D eigenvalue weighted by atomic mass is 16.6. The minimum Gasteiger partial charge on any atom is -0.486 e. The van der Waals surface area contributed by atoms with Crippen LogP contribution in [0.3, 0.4) is 0 Å². The summed E-state index contributed by atoms with van der Waals surface area (Å²) in [5.41, 5.74) is 0.0449. The van der Waals surface area contributed by atoms with Gasteiger partial charge >= 0.3 is 11.9 Å². The van der Waals surface area contributed by atoms with E-state index in [2.05, 4.69) is 0 Å². The molecule has 5 rings (SSSR count). The third kappa shape index (κ3) is 3.88. The zero-order valence-corrected chi connectivity index (χ0v) is 18.0. The SMILES string of the molecule is CCOC(=O)c1oc2cc(OC(=O)c3ccco3)ccc2c(=O)c1-c1ccc2c(c1)OCCO2. The average molecular weight is 462 g/mol. The summed E-state index contributed by atoms with van der Waals surface area (Å²) in [6.45, 7) is 2.52. The standard InChI is InChI=1S/C25H18O9/c1-2-29-25(28)23-21(14-5-8-17-20(12-14)32-11-10-31-17)22(26)16-7-6-15(13-19(16)34-23)33-24(27)18-4-3-9-30-18/h3-9,12-13H,2,10-11H2,1H3. The van der Waals surface area contributed by atoms with Crippen LogP contribution in [0.15, 0.2) is 68.4 Å². The van der Waals surface area contributed by atoms with E-state index in [4.69, 9.17) is 27.8 Å². The van der Waals surface area contributed by atoms with E-state index in [1.54, 1.807) is 31.2 Å². The lowest BCUT2D eigenvalue weighted by atomic mass is 10.0. The molecule has 3 heterocycles. The molecular formula is C25H18O9. The largest absolute Gasteiger partial charge is 0.486 e. The number of fused-ring (bicyclic) bond motifs is 2. The van der Waals surface area contributed by atoms with Crippen molar-refractivity contribution >= 4 is 22.9 Å². The monoisotopic (exact) mass is 462 g/mol. The van der Waals surface area contributed by atoms with Crippen molar-refractivity contribution in [1.82, 2.24) is 0 Å². The van der Waals surface area contributed by atoms with E-state index in [9.17, 15) is 14.4 Å². The number of carbonyl (C=O) groups excluding carboxylic acids is 2. The van der Waals surface area contributed by atoms with Crippen molar-refractivity contribution in [2.75, 3.05) is 19.8 Å². The van der Waals surface area contributed by atoms with Gasteiger partial charge in [0, 0.05) is 6.07 Å². The number of furan rings is 1. The molecule has 1 aliphatic rings. The lowest BCUT2D eigenvalue weighted by molar-refractivity contribution is 0.0491. The second kappa shape index (κ2) is 8.78. The van der Waals surface area contributed by atoms with E-state index in [1.165, 1.54) is 30.5 Å². The molecule has 172 valence electrons. The second-order valence-corrected chi connectivity index (χ2v) is 7.24. The van der Waals surface area contributed by atoms with Gasteiger partial charge in [-0.2, -0.15) is 0 Å². The number of benzene rings is 2. The van der Waals surface area contributed by atoms with Crippen molar-refractivity contribution in [3.8, 4) is 28.4 Å². The summed E-state index contributed by atoms with van der Waals surface area (Å²) in [4.78, 5) is 38.4. The predicted octanol–water partition coefficient (Wildman–Crippen LogP) is 4.22. The van der Waals surface area contributed by atoms with Crippen LogP contribution in [0.1, 0.15) is 28.0 Å². The fourth-order valence-corrected chi connectivity index (χ4v) is 3.59. The van der Waals surface area contributed by atoms with Gasteiger partial charge in [0.25, 0.3) is 0 Å². The highest BCUT2D eigenvalue weighted by Gasteiger charge is 2.25. The molecule has 34 heavy (non-hydrogen) atoms. The molecule has 0 amide bonds. The van der Waals surface area contributed by atoms with Gasteiger partial charge in [-0.15, -0.1) is 0 Å². The molecule has 0 saturated carbocycles. The van der Waals surface area contributed by atoms with Crippen molar-refractivity contribution in [3.63, 3.8) is 0 Å². The number of esters is 2. The first-order valence-corrected chi connectivity index (χ1v) is 10.5. The van der Waals surface area contributed by atoms with Gasteiger partial charge < -0.3 is 27.8 Å². The van der Waals surface area contributed by atoms with E-state index in [-0.39, 0.29) is 40.4 Å². The fraction of sp³-hybridized carbons (Fsp3) is 0.160. The van der Waals surface area contributed by atoms with Crippen LogP contribution in [0.4, 0.5) is 0 Å². The number of hydrogen-bond donors (Lipinski definition) is 0. The summed E-state index contributed by atoms with van der Waals surface area (Å²) in [7, 11) is 0. The van der Waals surface area contributed by atoms with E-state index in [0.717, 1.165) is 0 Å². The molecule has 0 atom stereocenters. The topological polar surface area (TPSA) is 114 Å². The van der Waals surface area contributed by atoms with Gasteiger partial charge in [0.1, 0.15) is 24.5 Å². The van der Waals surface area contributed by atoms with Gasteiger partial charge in [0.05, 0.1) is 23.8 Å². The summed E-state index contributed by atoms with van der Waals surface area (Å²) in [6, 6.07) is 12.2. The Hall–Kier alpha value is -4.53. The van der Waals surface area contributed by atoms with Crippen molar-refractivity contribution < 1.29 is 37.4 Å². The smallest absolute Gasteiger partial charge is 0.379 e. The van der Waals surface area contributed by atoms with Crippen LogP contribution >= 0.6 is 0 Å². The average Bonchev–Trinajstić information content (AvgIpc) is 3.39. The van der Waals surface area contributed by atoms with Gasteiger partial charge in [-0.1, -0.05) is 6.07 Å². The van der Waals surface area contributed by atoms with E-state index >= 15 is 0 Å². The van der Waals surface area contributed by atoms with E-state index < -0.39 is 17.4 Å². The van der Waals surface area contributed by atoms with Crippen LogP contribution in [-0.2, 0) is 4.74 Å². The molecule has 0 aliphatic carbocycles. The Balaban J connectivity index is 1.62. The summed E-state index contributed by atoms with van der Waals surface area (Å²) >= 11 is 0. The molecule has 0 bridgehead atoms. The Morgan fingerprint density at radius 1 is 0.971 bits per heavy atom. The van der Waals surface area contributed by atoms with Crippen LogP contribution in [0.2, 0.25) is 0 Å². The number of carbonyl (C=O) groups is 2. The molecule has 0 unspecified atom stereocenters. The summed E-state index contributed by atoms with van der Waals surface area (Å²) in [5.74, 6) is -0.666. The summed E-state index contributed by atoms with van der Waals surface area (Å²) < 4.78 is 32.4. The van der Waals surface area contributed by atoms with Gasteiger partial charge in [-0.05, 0) is 48.9 Å². The zero-order valence-electron chi connectivity index (χ0n) is 18.0. The van der Waals surface area contributed by atoms with Crippen LogP contribution in [0, 0.1) is 0 Å². The van der Waals surface area contributed by atoms with Gasteiger partial charge in [0.2, 0.25) is 16.9 Å². The Bertz CT molecular complexity index is 1450. The highest BCUT2D eigenvalue weighted by molar-refractivity contribution is 5.98. The predicted molar refractivity (Wildman–Crippen MR) is 119 cm³/mol. The maximum Gasteiger partial charge on any atom is 0.379 e. The Kier molecular flexibility index (Phi) is 5.51.